The van der Waals surface area contributed by atoms with E-state index in [2.05, 4.69) is 37.5 Å². The second-order valence-electron chi connectivity index (χ2n) is 6.93. The van der Waals surface area contributed by atoms with E-state index >= 15 is 0 Å². The molecule has 0 spiro atoms. The summed E-state index contributed by atoms with van der Waals surface area (Å²) in [5.41, 5.74) is 6.44. The summed E-state index contributed by atoms with van der Waals surface area (Å²) in [6, 6.07) is 0.652. The van der Waals surface area contributed by atoms with E-state index in [9.17, 15) is 0 Å². The molecule has 2 rings (SSSR count). The summed E-state index contributed by atoms with van der Waals surface area (Å²) in [5.74, 6) is 1.69. The first kappa shape index (κ1) is 14.3. The molecule has 2 N–H and O–H groups in total. The molecule has 2 heterocycles. The molecule has 3 heteroatoms. The smallest absolute Gasteiger partial charge is 0.0470 e. The minimum atomic E-state index is 0.263. The van der Waals surface area contributed by atoms with E-state index < -0.39 is 0 Å². The molecule has 0 radical (unpaired) electrons. The Morgan fingerprint density at radius 3 is 2.44 bits per heavy atom. The molecule has 0 aliphatic carbocycles. The zero-order valence-electron chi connectivity index (χ0n) is 12.7. The van der Waals surface area contributed by atoms with E-state index in [1.165, 1.54) is 39.0 Å². The SMILES string of the molecule is CC1CCN(C2(CN)CCN(C(C)C)C2)CC1C. The Bertz CT molecular complexity index is 279. The van der Waals surface area contributed by atoms with Crippen LogP contribution in [0.15, 0.2) is 0 Å². The fourth-order valence-electron chi connectivity index (χ4n) is 3.58. The number of piperidine rings is 1. The quantitative estimate of drug-likeness (QED) is 0.832. The van der Waals surface area contributed by atoms with Gasteiger partial charge in [-0.3, -0.25) is 9.80 Å². The van der Waals surface area contributed by atoms with Gasteiger partial charge in [-0.05, 0) is 45.1 Å². The maximum Gasteiger partial charge on any atom is 0.0470 e. The zero-order chi connectivity index (χ0) is 13.3. The number of hydrogen-bond acceptors (Lipinski definition) is 3. The normalized spacial score (nSPS) is 39.7. The van der Waals surface area contributed by atoms with Gasteiger partial charge < -0.3 is 5.73 Å². The van der Waals surface area contributed by atoms with Crippen LogP contribution in [0.3, 0.4) is 0 Å². The Hall–Kier alpha value is -0.120. The summed E-state index contributed by atoms with van der Waals surface area (Å²) in [6.07, 6.45) is 2.59. The molecule has 106 valence electrons. The Morgan fingerprint density at radius 1 is 1.22 bits per heavy atom. The lowest BCUT2D eigenvalue weighted by Gasteiger charge is -2.46. The molecular formula is C15H31N3. The highest BCUT2D eigenvalue weighted by Gasteiger charge is 2.44. The fraction of sp³-hybridized carbons (Fsp3) is 1.00. The molecule has 2 saturated heterocycles. The van der Waals surface area contributed by atoms with Crippen LogP contribution in [0.4, 0.5) is 0 Å². The molecule has 2 aliphatic heterocycles. The molecule has 0 aromatic rings. The second-order valence-corrected chi connectivity index (χ2v) is 6.93. The number of nitrogens with zero attached hydrogens (tertiary/aromatic N) is 2. The van der Waals surface area contributed by atoms with E-state index in [1.807, 2.05) is 0 Å². The van der Waals surface area contributed by atoms with Gasteiger partial charge in [-0.25, -0.2) is 0 Å². The van der Waals surface area contributed by atoms with Crippen LogP contribution in [0.25, 0.3) is 0 Å². The van der Waals surface area contributed by atoms with Gasteiger partial charge in [-0.15, -0.1) is 0 Å². The lowest BCUT2D eigenvalue weighted by Crippen LogP contribution is -2.59. The summed E-state index contributed by atoms with van der Waals surface area (Å²) in [5, 5.41) is 0. The minimum Gasteiger partial charge on any atom is -0.329 e. The molecule has 0 aromatic heterocycles. The number of nitrogens with two attached hydrogens (primary N) is 1. The van der Waals surface area contributed by atoms with Gasteiger partial charge in [0.1, 0.15) is 0 Å². The molecule has 0 amide bonds. The lowest BCUT2D eigenvalue weighted by atomic mass is 9.84. The van der Waals surface area contributed by atoms with Crippen LogP contribution in [0.2, 0.25) is 0 Å². The van der Waals surface area contributed by atoms with Crippen molar-refractivity contribution >= 4 is 0 Å². The second kappa shape index (κ2) is 5.48. The third-order valence-electron chi connectivity index (χ3n) is 5.48. The summed E-state index contributed by atoms with van der Waals surface area (Å²) >= 11 is 0. The molecule has 0 saturated carbocycles. The van der Waals surface area contributed by atoms with Gasteiger partial charge in [0.25, 0.3) is 0 Å². The average molecular weight is 253 g/mol. The van der Waals surface area contributed by atoms with Crippen molar-refractivity contribution in [3.8, 4) is 0 Å². The predicted octanol–water partition coefficient (Wildman–Crippen LogP) is 1.78. The largest absolute Gasteiger partial charge is 0.329 e. The molecule has 0 bridgehead atoms. The van der Waals surface area contributed by atoms with Crippen molar-refractivity contribution in [3.63, 3.8) is 0 Å². The van der Waals surface area contributed by atoms with Crippen LogP contribution in [0.1, 0.15) is 40.5 Å². The van der Waals surface area contributed by atoms with Crippen LogP contribution < -0.4 is 5.73 Å². The molecule has 3 unspecified atom stereocenters. The highest BCUT2D eigenvalue weighted by molar-refractivity contribution is 5.02. The molecule has 18 heavy (non-hydrogen) atoms. The minimum absolute atomic E-state index is 0.263. The van der Waals surface area contributed by atoms with Crippen molar-refractivity contribution in [2.45, 2.75) is 52.1 Å². The van der Waals surface area contributed by atoms with Gasteiger partial charge in [-0.1, -0.05) is 13.8 Å². The molecule has 2 aliphatic rings. The van der Waals surface area contributed by atoms with Gasteiger partial charge in [0.05, 0.1) is 0 Å². The van der Waals surface area contributed by atoms with Crippen molar-refractivity contribution in [1.29, 1.82) is 0 Å². The average Bonchev–Trinajstić information content (AvgIpc) is 2.78. The summed E-state index contributed by atoms with van der Waals surface area (Å²) in [6.45, 7) is 15.1. The summed E-state index contributed by atoms with van der Waals surface area (Å²) in [7, 11) is 0. The first-order valence-corrected chi connectivity index (χ1v) is 7.67. The zero-order valence-corrected chi connectivity index (χ0v) is 12.7. The number of rotatable bonds is 3. The lowest BCUT2D eigenvalue weighted by molar-refractivity contribution is 0.0336. The topological polar surface area (TPSA) is 32.5 Å². The Morgan fingerprint density at radius 2 is 1.94 bits per heavy atom. The van der Waals surface area contributed by atoms with E-state index in [0.29, 0.717) is 6.04 Å². The van der Waals surface area contributed by atoms with Crippen LogP contribution in [0.5, 0.6) is 0 Å². The van der Waals surface area contributed by atoms with Gasteiger partial charge in [-0.2, -0.15) is 0 Å². The van der Waals surface area contributed by atoms with Crippen LogP contribution in [-0.2, 0) is 0 Å². The van der Waals surface area contributed by atoms with Crippen molar-refractivity contribution in [2.24, 2.45) is 17.6 Å². The van der Waals surface area contributed by atoms with Gasteiger partial charge in [0.15, 0.2) is 0 Å². The van der Waals surface area contributed by atoms with Gasteiger partial charge in [0.2, 0.25) is 0 Å². The van der Waals surface area contributed by atoms with Gasteiger partial charge >= 0.3 is 0 Å². The van der Waals surface area contributed by atoms with E-state index in [1.54, 1.807) is 0 Å². The van der Waals surface area contributed by atoms with Crippen LogP contribution >= 0.6 is 0 Å². The highest BCUT2D eigenvalue weighted by Crippen LogP contribution is 2.33. The van der Waals surface area contributed by atoms with Gasteiger partial charge in [0, 0.05) is 37.8 Å². The van der Waals surface area contributed by atoms with Crippen LogP contribution in [0, 0.1) is 11.8 Å². The summed E-state index contributed by atoms with van der Waals surface area (Å²) < 4.78 is 0. The maximum absolute atomic E-state index is 6.17. The Labute approximate surface area is 113 Å². The number of likely N-dealkylation sites (tertiary alicyclic amines) is 2. The number of hydrogen-bond donors (Lipinski definition) is 1. The van der Waals surface area contributed by atoms with Crippen LogP contribution in [-0.4, -0.2) is 54.1 Å². The molecular weight excluding hydrogens is 222 g/mol. The van der Waals surface area contributed by atoms with Crippen molar-refractivity contribution in [3.05, 3.63) is 0 Å². The highest BCUT2D eigenvalue weighted by atomic mass is 15.3. The summed E-state index contributed by atoms with van der Waals surface area (Å²) in [4.78, 5) is 5.30. The third-order valence-corrected chi connectivity index (χ3v) is 5.48. The first-order chi connectivity index (χ1) is 8.48. The molecule has 2 fully saturated rings. The monoisotopic (exact) mass is 253 g/mol. The Balaban J connectivity index is 2.05. The van der Waals surface area contributed by atoms with E-state index in [4.69, 9.17) is 5.73 Å². The van der Waals surface area contributed by atoms with E-state index in [0.717, 1.165) is 18.4 Å². The molecule has 3 atom stereocenters. The Kier molecular flexibility index (Phi) is 4.35. The van der Waals surface area contributed by atoms with Crippen molar-refractivity contribution < 1.29 is 0 Å². The van der Waals surface area contributed by atoms with Crippen molar-refractivity contribution in [1.82, 2.24) is 9.80 Å². The standard InChI is InChI=1S/C15H31N3/c1-12(2)17-8-6-15(10-16,11-17)18-7-5-13(3)14(4)9-18/h12-14H,5-11,16H2,1-4H3. The first-order valence-electron chi connectivity index (χ1n) is 7.67. The molecule has 3 nitrogen and oxygen atoms in total. The fourth-order valence-corrected chi connectivity index (χ4v) is 3.58. The maximum atomic E-state index is 6.17. The molecule has 0 aromatic carbocycles. The van der Waals surface area contributed by atoms with E-state index in [-0.39, 0.29) is 5.54 Å². The van der Waals surface area contributed by atoms with Crippen molar-refractivity contribution in [2.75, 3.05) is 32.7 Å². The third kappa shape index (κ3) is 2.59. The predicted molar refractivity (Wildman–Crippen MR) is 77.6 cm³/mol.